The summed E-state index contributed by atoms with van der Waals surface area (Å²) in [7, 11) is 0. The van der Waals surface area contributed by atoms with E-state index in [1.54, 1.807) is 6.26 Å². The van der Waals surface area contributed by atoms with Gasteiger partial charge in [0.1, 0.15) is 5.76 Å². The Morgan fingerprint density at radius 3 is 3.22 bits per heavy atom. The van der Waals surface area contributed by atoms with Gasteiger partial charge in [0.2, 0.25) is 5.91 Å². The second-order valence-electron chi connectivity index (χ2n) is 5.31. The third-order valence-corrected chi connectivity index (χ3v) is 3.98. The van der Waals surface area contributed by atoms with E-state index in [2.05, 4.69) is 10.6 Å². The lowest BCUT2D eigenvalue weighted by molar-refractivity contribution is -0.122. The molecule has 0 bridgehead atoms. The van der Waals surface area contributed by atoms with Crippen molar-refractivity contribution in [2.24, 2.45) is 0 Å². The van der Waals surface area contributed by atoms with Crippen LogP contribution < -0.4 is 10.6 Å². The molecule has 2 unspecified atom stereocenters. The lowest BCUT2D eigenvalue weighted by atomic mass is 9.93. The van der Waals surface area contributed by atoms with Crippen molar-refractivity contribution in [1.82, 2.24) is 10.6 Å². The normalized spacial score (nSPS) is 26.9. The van der Waals surface area contributed by atoms with E-state index in [9.17, 15) is 4.79 Å². The molecule has 18 heavy (non-hydrogen) atoms. The van der Waals surface area contributed by atoms with Gasteiger partial charge in [-0.05, 0) is 38.3 Å². The molecule has 1 saturated heterocycles. The van der Waals surface area contributed by atoms with Gasteiger partial charge in [0, 0.05) is 24.4 Å². The summed E-state index contributed by atoms with van der Waals surface area (Å²) in [5.41, 5.74) is 1.17. The van der Waals surface area contributed by atoms with E-state index in [1.165, 1.54) is 12.0 Å². The summed E-state index contributed by atoms with van der Waals surface area (Å²) in [6, 6.07) is 2.52. The van der Waals surface area contributed by atoms with Crippen LogP contribution in [0.2, 0.25) is 0 Å². The smallest absolute Gasteiger partial charge is 0.222 e. The van der Waals surface area contributed by atoms with Crippen molar-refractivity contribution in [1.29, 1.82) is 0 Å². The molecule has 0 saturated carbocycles. The summed E-state index contributed by atoms with van der Waals surface area (Å²) in [4.78, 5) is 12.0. The predicted octanol–water partition coefficient (Wildman–Crippen LogP) is 1.92. The molecule has 2 N–H and O–H groups in total. The third kappa shape index (κ3) is 2.43. The number of hydrogen-bond donors (Lipinski definition) is 2. The van der Waals surface area contributed by atoms with Crippen LogP contribution in [-0.2, 0) is 11.2 Å². The Kier molecular flexibility index (Phi) is 3.37. The van der Waals surface area contributed by atoms with Gasteiger partial charge in [-0.25, -0.2) is 0 Å². The van der Waals surface area contributed by atoms with Crippen LogP contribution in [0, 0.1) is 0 Å². The van der Waals surface area contributed by atoms with E-state index in [1.807, 2.05) is 6.07 Å². The Hall–Kier alpha value is -1.29. The highest BCUT2D eigenvalue weighted by atomic mass is 16.3. The topological polar surface area (TPSA) is 54.3 Å². The summed E-state index contributed by atoms with van der Waals surface area (Å²) in [5.74, 6) is 1.21. The van der Waals surface area contributed by atoms with Crippen LogP contribution in [-0.4, -0.2) is 18.5 Å². The van der Waals surface area contributed by atoms with Crippen molar-refractivity contribution >= 4 is 5.91 Å². The number of amides is 1. The van der Waals surface area contributed by atoms with Gasteiger partial charge in [0.05, 0.1) is 12.3 Å². The van der Waals surface area contributed by atoms with Gasteiger partial charge in [-0.3, -0.25) is 4.79 Å². The first kappa shape index (κ1) is 11.8. The quantitative estimate of drug-likeness (QED) is 0.859. The van der Waals surface area contributed by atoms with Crippen LogP contribution in [0.5, 0.6) is 0 Å². The van der Waals surface area contributed by atoms with Crippen molar-refractivity contribution in [3.63, 3.8) is 0 Å². The largest absolute Gasteiger partial charge is 0.469 e. The second kappa shape index (κ2) is 5.14. The maximum Gasteiger partial charge on any atom is 0.222 e. The predicted molar refractivity (Wildman–Crippen MR) is 68.2 cm³/mol. The molecule has 0 spiro atoms. The molecule has 0 radical (unpaired) electrons. The van der Waals surface area contributed by atoms with Crippen LogP contribution in [0.3, 0.4) is 0 Å². The molecular weight excluding hydrogens is 228 g/mol. The highest BCUT2D eigenvalue weighted by Gasteiger charge is 2.25. The van der Waals surface area contributed by atoms with Crippen LogP contribution in [0.15, 0.2) is 16.7 Å². The van der Waals surface area contributed by atoms with E-state index in [4.69, 9.17) is 4.42 Å². The third-order valence-electron chi connectivity index (χ3n) is 3.98. The minimum absolute atomic E-state index is 0.154. The second-order valence-corrected chi connectivity index (χ2v) is 5.31. The molecule has 1 aromatic heterocycles. The monoisotopic (exact) mass is 248 g/mol. The number of fused-ring (bicyclic) bond motifs is 1. The minimum Gasteiger partial charge on any atom is -0.469 e. The minimum atomic E-state index is 0.154. The number of carbonyl (C=O) groups excluding carboxylic acids is 1. The molecule has 1 aliphatic carbocycles. The molecule has 1 aliphatic heterocycles. The van der Waals surface area contributed by atoms with E-state index < -0.39 is 0 Å². The molecule has 2 atom stereocenters. The number of nitrogens with one attached hydrogen (secondary N) is 2. The van der Waals surface area contributed by atoms with E-state index >= 15 is 0 Å². The Bertz CT molecular complexity index is 421. The fourth-order valence-corrected chi connectivity index (χ4v) is 3.04. The summed E-state index contributed by atoms with van der Waals surface area (Å²) < 4.78 is 5.44. The van der Waals surface area contributed by atoms with E-state index in [-0.39, 0.29) is 11.9 Å². The lowest BCUT2D eigenvalue weighted by Crippen LogP contribution is -2.35. The standard InChI is InChI=1S/C14H20N2O2/c17-14(9-10-3-2-7-15-10)16-12-4-1-5-13-11(12)6-8-18-13/h6,8,10,12,15H,1-5,7,9H2,(H,16,17). The summed E-state index contributed by atoms with van der Waals surface area (Å²) in [6.07, 6.45) is 7.75. The van der Waals surface area contributed by atoms with Gasteiger partial charge < -0.3 is 15.1 Å². The molecule has 3 rings (SSSR count). The fourth-order valence-electron chi connectivity index (χ4n) is 3.04. The highest BCUT2D eigenvalue weighted by Crippen LogP contribution is 2.30. The van der Waals surface area contributed by atoms with Gasteiger partial charge in [0.15, 0.2) is 0 Å². The molecule has 1 aromatic rings. The Morgan fingerprint density at radius 2 is 2.39 bits per heavy atom. The zero-order valence-electron chi connectivity index (χ0n) is 10.6. The summed E-state index contributed by atoms with van der Waals surface area (Å²) in [6.45, 7) is 1.05. The lowest BCUT2D eigenvalue weighted by Gasteiger charge is -2.23. The van der Waals surface area contributed by atoms with Gasteiger partial charge in [-0.1, -0.05) is 0 Å². The number of aryl methyl sites for hydroxylation is 1. The van der Waals surface area contributed by atoms with E-state index in [0.717, 1.165) is 38.0 Å². The SMILES string of the molecule is O=C(CC1CCCN1)NC1CCCc2occc21. The zero-order chi connectivity index (χ0) is 12.4. The number of furan rings is 1. The maximum atomic E-state index is 12.0. The number of rotatable bonds is 3. The average molecular weight is 248 g/mol. The number of hydrogen-bond acceptors (Lipinski definition) is 3. The first-order chi connectivity index (χ1) is 8.83. The Balaban J connectivity index is 1.58. The Morgan fingerprint density at radius 1 is 1.44 bits per heavy atom. The first-order valence-electron chi connectivity index (χ1n) is 6.92. The van der Waals surface area contributed by atoms with Gasteiger partial charge in [-0.15, -0.1) is 0 Å². The molecule has 2 aliphatic rings. The zero-order valence-corrected chi connectivity index (χ0v) is 10.6. The van der Waals surface area contributed by atoms with Crippen LogP contribution in [0.25, 0.3) is 0 Å². The van der Waals surface area contributed by atoms with Gasteiger partial charge in [0.25, 0.3) is 0 Å². The molecule has 4 heteroatoms. The van der Waals surface area contributed by atoms with Crippen molar-refractivity contribution < 1.29 is 9.21 Å². The van der Waals surface area contributed by atoms with Crippen LogP contribution >= 0.6 is 0 Å². The molecular formula is C14H20N2O2. The summed E-state index contributed by atoms with van der Waals surface area (Å²) >= 11 is 0. The fraction of sp³-hybridized carbons (Fsp3) is 0.643. The molecule has 4 nitrogen and oxygen atoms in total. The molecule has 1 amide bonds. The average Bonchev–Trinajstić information content (AvgIpc) is 2.99. The molecule has 1 fully saturated rings. The highest BCUT2D eigenvalue weighted by molar-refractivity contribution is 5.77. The molecule has 2 heterocycles. The summed E-state index contributed by atoms with van der Waals surface area (Å²) in [5, 5.41) is 6.51. The maximum absolute atomic E-state index is 12.0. The van der Waals surface area contributed by atoms with Crippen molar-refractivity contribution in [2.75, 3.05) is 6.54 Å². The first-order valence-corrected chi connectivity index (χ1v) is 6.92. The molecule has 98 valence electrons. The van der Waals surface area contributed by atoms with Crippen LogP contribution in [0.1, 0.15) is 49.5 Å². The molecule has 0 aromatic carbocycles. The van der Waals surface area contributed by atoms with Crippen molar-refractivity contribution in [3.8, 4) is 0 Å². The van der Waals surface area contributed by atoms with Crippen LogP contribution in [0.4, 0.5) is 0 Å². The van der Waals surface area contributed by atoms with Crippen molar-refractivity contribution in [2.45, 2.75) is 50.6 Å². The van der Waals surface area contributed by atoms with Gasteiger partial charge in [-0.2, -0.15) is 0 Å². The number of carbonyl (C=O) groups is 1. The van der Waals surface area contributed by atoms with Crippen molar-refractivity contribution in [3.05, 3.63) is 23.7 Å². The Labute approximate surface area is 107 Å². The van der Waals surface area contributed by atoms with Gasteiger partial charge >= 0.3 is 0 Å². The van der Waals surface area contributed by atoms with E-state index in [0.29, 0.717) is 12.5 Å².